The largest absolute Gasteiger partial charge is 0.478 e. The molecule has 1 aliphatic carbocycles. The minimum atomic E-state index is 0.682. The molecule has 0 atom stereocenters. The van der Waals surface area contributed by atoms with Gasteiger partial charge in [-0.15, -0.1) is 0 Å². The van der Waals surface area contributed by atoms with E-state index in [9.17, 15) is 0 Å². The van der Waals surface area contributed by atoms with Crippen molar-refractivity contribution in [2.45, 2.75) is 70.9 Å². The molecule has 1 saturated carbocycles. The number of hydrogen-bond acceptors (Lipinski definition) is 3. The van der Waals surface area contributed by atoms with Crippen molar-refractivity contribution in [2.24, 2.45) is 0 Å². The van der Waals surface area contributed by atoms with E-state index in [1.165, 1.54) is 44.9 Å². The van der Waals surface area contributed by atoms with E-state index in [-0.39, 0.29) is 0 Å². The molecule has 0 saturated heterocycles. The highest BCUT2D eigenvalue weighted by Gasteiger charge is 2.20. The van der Waals surface area contributed by atoms with E-state index in [0.717, 1.165) is 30.2 Å². The summed E-state index contributed by atoms with van der Waals surface area (Å²) in [6.07, 6.45) is 11.9. The number of aromatic nitrogens is 1. The summed E-state index contributed by atoms with van der Waals surface area (Å²) < 4.78 is 5.73. The summed E-state index contributed by atoms with van der Waals surface area (Å²) in [6, 6.07) is 2.65. The molecule has 0 spiro atoms. The van der Waals surface area contributed by atoms with Crippen LogP contribution in [0.3, 0.4) is 0 Å². The average Bonchev–Trinajstić information content (AvgIpc) is 3.31. The van der Waals surface area contributed by atoms with Gasteiger partial charge in [0.05, 0.1) is 11.6 Å². The van der Waals surface area contributed by atoms with Crippen LogP contribution >= 0.6 is 11.6 Å². The molecule has 2 rings (SSSR count). The summed E-state index contributed by atoms with van der Waals surface area (Å²) in [5.74, 6) is 0.695. The Morgan fingerprint density at radius 1 is 1.24 bits per heavy atom. The smallest absolute Gasteiger partial charge is 0.213 e. The van der Waals surface area contributed by atoms with Gasteiger partial charge in [0.15, 0.2) is 0 Å². The van der Waals surface area contributed by atoms with Crippen LogP contribution in [0.1, 0.15) is 63.9 Å². The first-order valence-corrected chi connectivity index (χ1v) is 8.68. The minimum Gasteiger partial charge on any atom is -0.478 e. The second kappa shape index (κ2) is 9.26. The topological polar surface area (TPSA) is 34.1 Å². The fraction of sp³-hybridized carbons (Fsp3) is 0.706. The lowest BCUT2D eigenvalue weighted by Gasteiger charge is -2.09. The van der Waals surface area contributed by atoms with Crippen LogP contribution in [0.4, 0.5) is 0 Å². The monoisotopic (exact) mass is 310 g/mol. The first-order valence-electron chi connectivity index (χ1n) is 8.30. The first-order chi connectivity index (χ1) is 10.3. The van der Waals surface area contributed by atoms with Crippen molar-refractivity contribution < 1.29 is 4.74 Å². The molecule has 3 nitrogen and oxygen atoms in total. The highest BCUT2D eigenvalue weighted by Crippen LogP contribution is 2.23. The van der Waals surface area contributed by atoms with Gasteiger partial charge in [-0.05, 0) is 24.8 Å². The molecule has 1 aromatic heterocycles. The molecule has 1 heterocycles. The highest BCUT2D eigenvalue weighted by atomic mass is 35.5. The first kappa shape index (κ1) is 16.6. The maximum absolute atomic E-state index is 6.17. The second-order valence-corrected chi connectivity index (χ2v) is 6.29. The van der Waals surface area contributed by atoms with Crippen molar-refractivity contribution in [2.75, 3.05) is 6.61 Å². The molecule has 0 bridgehead atoms. The number of rotatable bonds is 11. The number of nitrogens with zero attached hydrogens (tertiary/aromatic N) is 1. The molecule has 0 aromatic carbocycles. The fourth-order valence-corrected chi connectivity index (χ4v) is 2.44. The van der Waals surface area contributed by atoms with Crippen LogP contribution in [0.25, 0.3) is 0 Å². The molecule has 0 amide bonds. The van der Waals surface area contributed by atoms with Crippen LogP contribution in [0, 0.1) is 0 Å². The molecule has 0 radical (unpaired) electrons. The standard InChI is InChI=1S/C17H27ClN2O/c1-2-3-4-5-6-7-10-21-17-11-14(16(18)13-20-17)12-19-15-8-9-15/h11,13,15,19H,2-10,12H2,1H3. The van der Waals surface area contributed by atoms with Crippen LogP contribution in [0.2, 0.25) is 5.02 Å². The van der Waals surface area contributed by atoms with Gasteiger partial charge in [0, 0.05) is 24.8 Å². The summed E-state index contributed by atoms with van der Waals surface area (Å²) in [7, 11) is 0. The Labute approximate surface area is 133 Å². The van der Waals surface area contributed by atoms with E-state index in [0.29, 0.717) is 11.9 Å². The van der Waals surface area contributed by atoms with Crippen molar-refractivity contribution >= 4 is 11.6 Å². The molecule has 4 heteroatoms. The summed E-state index contributed by atoms with van der Waals surface area (Å²) in [5.41, 5.74) is 1.08. The Morgan fingerprint density at radius 3 is 2.76 bits per heavy atom. The maximum atomic E-state index is 6.17. The minimum absolute atomic E-state index is 0.682. The lowest BCUT2D eigenvalue weighted by molar-refractivity contribution is 0.293. The van der Waals surface area contributed by atoms with Crippen LogP contribution in [-0.4, -0.2) is 17.6 Å². The normalized spacial score (nSPS) is 14.4. The SMILES string of the molecule is CCCCCCCCOc1cc(CNC2CC2)c(Cl)cn1. The van der Waals surface area contributed by atoms with Crippen molar-refractivity contribution in [3.8, 4) is 5.88 Å². The van der Waals surface area contributed by atoms with Crippen molar-refractivity contribution in [3.05, 3.63) is 22.8 Å². The van der Waals surface area contributed by atoms with Crippen molar-refractivity contribution in [1.29, 1.82) is 0 Å². The van der Waals surface area contributed by atoms with Crippen LogP contribution < -0.4 is 10.1 Å². The summed E-state index contributed by atoms with van der Waals surface area (Å²) >= 11 is 6.17. The molecule has 1 aliphatic rings. The van der Waals surface area contributed by atoms with Gasteiger partial charge in [0.2, 0.25) is 5.88 Å². The zero-order valence-corrected chi connectivity index (χ0v) is 13.8. The van der Waals surface area contributed by atoms with E-state index >= 15 is 0 Å². The van der Waals surface area contributed by atoms with Gasteiger partial charge in [-0.3, -0.25) is 0 Å². The van der Waals surface area contributed by atoms with Gasteiger partial charge in [-0.1, -0.05) is 50.6 Å². The fourth-order valence-electron chi connectivity index (χ4n) is 2.27. The van der Waals surface area contributed by atoms with E-state index < -0.39 is 0 Å². The Bertz CT molecular complexity index is 421. The van der Waals surface area contributed by atoms with Gasteiger partial charge < -0.3 is 10.1 Å². The molecule has 0 aliphatic heterocycles. The average molecular weight is 311 g/mol. The molecule has 21 heavy (non-hydrogen) atoms. The van der Waals surface area contributed by atoms with Gasteiger partial charge in [-0.2, -0.15) is 0 Å². The van der Waals surface area contributed by atoms with E-state index in [2.05, 4.69) is 17.2 Å². The summed E-state index contributed by atoms with van der Waals surface area (Å²) in [6.45, 7) is 3.79. The predicted molar refractivity (Wildman–Crippen MR) is 88.0 cm³/mol. The molecule has 0 unspecified atom stereocenters. The quantitative estimate of drug-likeness (QED) is 0.600. The molecular formula is C17H27ClN2O. The maximum Gasteiger partial charge on any atom is 0.213 e. The molecule has 1 fully saturated rings. The third-order valence-electron chi connectivity index (χ3n) is 3.82. The number of pyridine rings is 1. The van der Waals surface area contributed by atoms with Crippen molar-refractivity contribution in [1.82, 2.24) is 10.3 Å². The molecule has 1 aromatic rings. The van der Waals surface area contributed by atoms with E-state index in [1.54, 1.807) is 6.20 Å². The van der Waals surface area contributed by atoms with Gasteiger partial charge in [0.25, 0.3) is 0 Å². The predicted octanol–water partition coefficient (Wildman–Crippen LogP) is 4.73. The number of unbranched alkanes of at least 4 members (excludes halogenated alkanes) is 5. The lowest BCUT2D eigenvalue weighted by atomic mass is 10.1. The number of hydrogen-bond donors (Lipinski definition) is 1. The third-order valence-corrected chi connectivity index (χ3v) is 4.16. The Morgan fingerprint density at radius 2 is 2.00 bits per heavy atom. The second-order valence-electron chi connectivity index (χ2n) is 5.89. The zero-order valence-electron chi connectivity index (χ0n) is 13.0. The highest BCUT2D eigenvalue weighted by molar-refractivity contribution is 6.31. The molecule has 118 valence electrons. The summed E-state index contributed by atoms with van der Waals surface area (Å²) in [4.78, 5) is 4.25. The van der Waals surface area contributed by atoms with Crippen LogP contribution in [0.5, 0.6) is 5.88 Å². The van der Waals surface area contributed by atoms with Crippen LogP contribution in [0.15, 0.2) is 12.3 Å². The third kappa shape index (κ3) is 6.66. The summed E-state index contributed by atoms with van der Waals surface area (Å²) in [5, 5.41) is 4.19. The number of halogens is 1. The lowest BCUT2D eigenvalue weighted by Crippen LogP contribution is -2.15. The Hall–Kier alpha value is -0.800. The van der Waals surface area contributed by atoms with E-state index in [4.69, 9.17) is 16.3 Å². The number of nitrogens with one attached hydrogen (secondary N) is 1. The van der Waals surface area contributed by atoms with Gasteiger partial charge in [-0.25, -0.2) is 4.98 Å². The molecule has 1 N–H and O–H groups in total. The Balaban J connectivity index is 1.66. The van der Waals surface area contributed by atoms with Gasteiger partial charge in [0.1, 0.15) is 0 Å². The van der Waals surface area contributed by atoms with Crippen LogP contribution in [-0.2, 0) is 6.54 Å². The van der Waals surface area contributed by atoms with Gasteiger partial charge >= 0.3 is 0 Å². The zero-order chi connectivity index (χ0) is 14.9. The Kier molecular flexibility index (Phi) is 7.31. The van der Waals surface area contributed by atoms with Crippen molar-refractivity contribution in [3.63, 3.8) is 0 Å². The molecular weight excluding hydrogens is 284 g/mol. The van der Waals surface area contributed by atoms with E-state index in [1.807, 2.05) is 6.07 Å². The number of ether oxygens (including phenoxy) is 1.